The van der Waals surface area contributed by atoms with Gasteiger partial charge in [-0.2, -0.15) is 0 Å². The Morgan fingerprint density at radius 3 is 2.50 bits per heavy atom. The SMILES string of the molecule is COC(=O)c1c(NC(=O)C=Cc2c(Cl)cccc2Cl)sc2c1CCC(C(C)(C)C)C2. The van der Waals surface area contributed by atoms with Gasteiger partial charge in [0.05, 0.1) is 12.7 Å². The molecular weight excluding hydrogens is 441 g/mol. The number of hydrogen-bond acceptors (Lipinski definition) is 4. The van der Waals surface area contributed by atoms with Crippen LogP contribution in [0, 0.1) is 11.3 Å². The Kier molecular flexibility index (Phi) is 6.95. The molecule has 0 radical (unpaired) electrons. The molecule has 160 valence electrons. The number of hydrogen-bond donors (Lipinski definition) is 1. The van der Waals surface area contributed by atoms with E-state index < -0.39 is 5.97 Å². The van der Waals surface area contributed by atoms with Crippen LogP contribution in [-0.4, -0.2) is 19.0 Å². The number of methoxy groups -OCH3 is 1. The third-order valence-corrected chi connectivity index (χ3v) is 7.35. The van der Waals surface area contributed by atoms with E-state index >= 15 is 0 Å². The van der Waals surface area contributed by atoms with Gasteiger partial charge in [-0.1, -0.05) is 50.0 Å². The first-order valence-corrected chi connectivity index (χ1v) is 11.3. The van der Waals surface area contributed by atoms with Gasteiger partial charge in [-0.15, -0.1) is 11.3 Å². The summed E-state index contributed by atoms with van der Waals surface area (Å²) in [6, 6.07) is 5.16. The topological polar surface area (TPSA) is 55.4 Å². The summed E-state index contributed by atoms with van der Waals surface area (Å²) in [5, 5.41) is 4.30. The van der Waals surface area contributed by atoms with Gasteiger partial charge in [0.1, 0.15) is 5.00 Å². The summed E-state index contributed by atoms with van der Waals surface area (Å²) in [5.74, 6) is -0.253. The zero-order chi connectivity index (χ0) is 22.1. The molecule has 1 unspecified atom stereocenters. The molecule has 1 aromatic carbocycles. The van der Waals surface area contributed by atoms with Gasteiger partial charge in [0.2, 0.25) is 5.91 Å². The third kappa shape index (κ3) is 4.90. The highest BCUT2D eigenvalue weighted by Crippen LogP contribution is 2.44. The van der Waals surface area contributed by atoms with Gasteiger partial charge >= 0.3 is 5.97 Å². The maximum Gasteiger partial charge on any atom is 0.341 e. The van der Waals surface area contributed by atoms with Crippen LogP contribution in [0.4, 0.5) is 5.00 Å². The molecule has 7 heteroatoms. The van der Waals surface area contributed by atoms with E-state index in [4.69, 9.17) is 27.9 Å². The van der Waals surface area contributed by atoms with E-state index in [-0.39, 0.29) is 11.3 Å². The Labute approximate surface area is 191 Å². The predicted octanol–water partition coefficient (Wildman–Crippen LogP) is 6.64. The molecule has 0 saturated heterocycles. The van der Waals surface area contributed by atoms with Crippen LogP contribution in [0.5, 0.6) is 0 Å². The normalized spacial score (nSPS) is 16.4. The van der Waals surface area contributed by atoms with Gasteiger partial charge in [-0.05, 0) is 54.4 Å². The van der Waals surface area contributed by atoms with Gasteiger partial charge in [-0.3, -0.25) is 4.79 Å². The summed E-state index contributed by atoms with van der Waals surface area (Å²) in [6.07, 6.45) is 5.65. The zero-order valence-corrected chi connectivity index (χ0v) is 19.8. The fourth-order valence-electron chi connectivity index (χ4n) is 3.71. The summed E-state index contributed by atoms with van der Waals surface area (Å²) in [7, 11) is 1.36. The zero-order valence-electron chi connectivity index (χ0n) is 17.5. The monoisotopic (exact) mass is 465 g/mol. The van der Waals surface area contributed by atoms with Crippen LogP contribution in [0.15, 0.2) is 24.3 Å². The van der Waals surface area contributed by atoms with Crippen LogP contribution in [0.1, 0.15) is 53.6 Å². The van der Waals surface area contributed by atoms with Crippen molar-refractivity contribution in [3.05, 3.63) is 55.9 Å². The molecule has 1 aromatic heterocycles. The van der Waals surface area contributed by atoms with Crippen molar-refractivity contribution in [1.82, 2.24) is 0 Å². The van der Waals surface area contributed by atoms with Crippen molar-refractivity contribution in [3.8, 4) is 0 Å². The highest BCUT2D eigenvalue weighted by molar-refractivity contribution is 7.17. The summed E-state index contributed by atoms with van der Waals surface area (Å²) >= 11 is 13.8. The largest absolute Gasteiger partial charge is 0.465 e. The summed E-state index contributed by atoms with van der Waals surface area (Å²) in [4.78, 5) is 26.2. The number of nitrogens with one attached hydrogen (secondary N) is 1. The molecule has 0 aliphatic heterocycles. The fourth-order valence-corrected chi connectivity index (χ4v) is 5.56. The van der Waals surface area contributed by atoms with E-state index in [0.717, 1.165) is 29.7 Å². The first kappa shape index (κ1) is 22.9. The van der Waals surface area contributed by atoms with Crippen LogP contribution in [-0.2, 0) is 22.4 Å². The summed E-state index contributed by atoms with van der Waals surface area (Å²) < 4.78 is 5.00. The number of ether oxygens (including phenoxy) is 1. The first-order valence-electron chi connectivity index (χ1n) is 9.77. The van der Waals surface area contributed by atoms with Crippen LogP contribution >= 0.6 is 34.5 Å². The van der Waals surface area contributed by atoms with Gasteiger partial charge in [0, 0.05) is 26.6 Å². The minimum atomic E-state index is -0.421. The number of carbonyl (C=O) groups excluding carboxylic acids is 2. The molecule has 0 bridgehead atoms. The van der Waals surface area contributed by atoms with Gasteiger partial charge in [0.15, 0.2) is 0 Å². The quantitative estimate of drug-likeness (QED) is 0.406. The van der Waals surface area contributed by atoms with Crippen LogP contribution in [0.2, 0.25) is 10.0 Å². The molecule has 3 rings (SSSR count). The van der Waals surface area contributed by atoms with E-state index in [1.807, 2.05) is 0 Å². The van der Waals surface area contributed by atoms with Gasteiger partial charge in [0.25, 0.3) is 0 Å². The molecular formula is C23H25Cl2NO3S. The van der Waals surface area contributed by atoms with Crippen molar-refractivity contribution in [2.75, 3.05) is 12.4 Å². The fraction of sp³-hybridized carbons (Fsp3) is 0.391. The number of amides is 1. The average molecular weight is 466 g/mol. The van der Waals surface area contributed by atoms with E-state index in [2.05, 4.69) is 26.1 Å². The molecule has 1 aliphatic rings. The maximum absolute atomic E-state index is 12.6. The smallest absolute Gasteiger partial charge is 0.341 e. The summed E-state index contributed by atoms with van der Waals surface area (Å²) in [5.41, 5.74) is 2.24. The molecule has 0 spiro atoms. The predicted molar refractivity (Wildman–Crippen MR) is 125 cm³/mol. The molecule has 0 saturated carbocycles. The number of esters is 1. The molecule has 0 fully saturated rings. The van der Waals surface area contributed by atoms with Crippen LogP contribution < -0.4 is 5.32 Å². The van der Waals surface area contributed by atoms with Gasteiger partial charge in [-0.25, -0.2) is 4.79 Å². The Morgan fingerprint density at radius 2 is 1.90 bits per heavy atom. The molecule has 1 aliphatic carbocycles. The lowest BCUT2D eigenvalue weighted by molar-refractivity contribution is -0.111. The number of thiophene rings is 1. The van der Waals surface area contributed by atoms with Crippen molar-refractivity contribution >= 4 is 57.5 Å². The Balaban J connectivity index is 1.87. The van der Waals surface area contributed by atoms with Crippen molar-refractivity contribution in [2.45, 2.75) is 40.0 Å². The molecule has 1 amide bonds. The molecule has 1 heterocycles. The number of benzene rings is 1. The standard InChI is InChI=1S/C23H25Cl2NO3S/c1-23(2,3)13-8-9-15-18(12-13)30-21(20(15)22(28)29-4)26-19(27)11-10-14-16(24)6-5-7-17(14)25/h5-7,10-11,13H,8-9,12H2,1-4H3,(H,26,27). The second kappa shape index (κ2) is 9.13. The highest BCUT2D eigenvalue weighted by Gasteiger charge is 2.34. The lowest BCUT2D eigenvalue weighted by Crippen LogP contribution is -2.26. The summed E-state index contributed by atoms with van der Waals surface area (Å²) in [6.45, 7) is 6.72. The van der Waals surface area contributed by atoms with Crippen molar-refractivity contribution in [2.24, 2.45) is 11.3 Å². The number of halogens is 2. The van der Waals surface area contributed by atoms with E-state index in [9.17, 15) is 9.59 Å². The second-order valence-electron chi connectivity index (χ2n) is 8.46. The minimum absolute atomic E-state index is 0.188. The van der Waals surface area contributed by atoms with Crippen LogP contribution in [0.25, 0.3) is 6.08 Å². The Hall–Kier alpha value is -1.82. The Bertz CT molecular complexity index is 984. The number of rotatable bonds is 4. The van der Waals surface area contributed by atoms with Crippen molar-refractivity contribution in [3.63, 3.8) is 0 Å². The van der Waals surface area contributed by atoms with E-state index in [1.54, 1.807) is 24.3 Å². The lowest BCUT2D eigenvalue weighted by Gasteiger charge is -2.33. The third-order valence-electron chi connectivity index (χ3n) is 5.52. The molecule has 2 aromatic rings. The number of fused-ring (bicyclic) bond motifs is 1. The number of anilines is 1. The Morgan fingerprint density at radius 1 is 1.23 bits per heavy atom. The van der Waals surface area contributed by atoms with Crippen molar-refractivity contribution < 1.29 is 14.3 Å². The lowest BCUT2D eigenvalue weighted by atomic mass is 9.72. The van der Waals surface area contributed by atoms with E-state index in [0.29, 0.717) is 32.1 Å². The second-order valence-corrected chi connectivity index (χ2v) is 10.4. The van der Waals surface area contributed by atoms with Crippen molar-refractivity contribution in [1.29, 1.82) is 0 Å². The highest BCUT2D eigenvalue weighted by atomic mass is 35.5. The first-order chi connectivity index (χ1) is 14.1. The van der Waals surface area contributed by atoms with Gasteiger partial charge < -0.3 is 10.1 Å². The van der Waals surface area contributed by atoms with E-state index in [1.165, 1.54) is 24.5 Å². The molecule has 4 nitrogen and oxygen atoms in total. The molecule has 1 atom stereocenters. The maximum atomic E-state index is 12.6. The molecule has 30 heavy (non-hydrogen) atoms. The molecule has 1 N–H and O–H groups in total. The van der Waals surface area contributed by atoms with Crippen LogP contribution in [0.3, 0.4) is 0 Å². The average Bonchev–Trinajstić information content (AvgIpc) is 3.03. The number of carbonyl (C=O) groups is 2. The minimum Gasteiger partial charge on any atom is -0.465 e.